The second-order valence-electron chi connectivity index (χ2n) is 5.51. The normalized spacial score (nSPS) is 11.3. The Morgan fingerprint density at radius 3 is 2.64 bits per heavy atom. The van der Waals surface area contributed by atoms with Gasteiger partial charge in [-0.2, -0.15) is 0 Å². The van der Waals surface area contributed by atoms with Crippen molar-refractivity contribution >= 4 is 22.5 Å². The number of hydrogen-bond donors (Lipinski definition) is 0. The Hall–Kier alpha value is -2.00. The van der Waals surface area contributed by atoms with Crippen LogP contribution in [0.3, 0.4) is 0 Å². The molecule has 114 valence electrons. The van der Waals surface area contributed by atoms with Crippen molar-refractivity contribution in [3.05, 3.63) is 65.1 Å². The Labute approximate surface area is 134 Å². The number of nitrogens with zero attached hydrogens (tertiary/aromatic N) is 1. The van der Waals surface area contributed by atoms with Crippen LogP contribution in [-0.2, 0) is 6.61 Å². The first-order valence-corrected chi connectivity index (χ1v) is 7.61. The molecule has 3 aromatic rings. The Morgan fingerprint density at radius 1 is 1.14 bits per heavy atom. The number of hydrogen-bond acceptors (Lipinski definition) is 1. The van der Waals surface area contributed by atoms with E-state index in [0.29, 0.717) is 11.1 Å². The molecule has 4 heteroatoms. The van der Waals surface area contributed by atoms with Gasteiger partial charge in [-0.25, -0.2) is 4.39 Å². The van der Waals surface area contributed by atoms with E-state index in [1.165, 1.54) is 6.07 Å². The maximum Gasteiger partial charge on any atom is 0.165 e. The molecule has 0 atom stereocenters. The molecular formula is C18H17ClFNO. The molecule has 2 nitrogen and oxygen atoms in total. The lowest BCUT2D eigenvalue weighted by molar-refractivity contribution is 0.291. The van der Waals surface area contributed by atoms with E-state index in [-0.39, 0.29) is 18.2 Å². The van der Waals surface area contributed by atoms with Crippen LogP contribution < -0.4 is 4.74 Å². The average molecular weight is 318 g/mol. The van der Waals surface area contributed by atoms with Crippen LogP contribution in [0.4, 0.5) is 4.39 Å². The van der Waals surface area contributed by atoms with Gasteiger partial charge in [0.25, 0.3) is 0 Å². The van der Waals surface area contributed by atoms with Crippen LogP contribution in [0.25, 0.3) is 10.9 Å². The van der Waals surface area contributed by atoms with Crippen molar-refractivity contribution in [1.29, 1.82) is 0 Å². The van der Waals surface area contributed by atoms with E-state index in [1.807, 2.05) is 24.4 Å². The third-order valence-electron chi connectivity index (χ3n) is 3.66. The van der Waals surface area contributed by atoms with Gasteiger partial charge in [-0.1, -0.05) is 29.8 Å². The molecule has 0 bridgehead atoms. The predicted octanol–water partition coefficient (Wildman–Crippen LogP) is 5.59. The fourth-order valence-corrected chi connectivity index (χ4v) is 2.89. The minimum atomic E-state index is -0.360. The maximum absolute atomic E-state index is 13.7. The maximum atomic E-state index is 13.7. The summed E-state index contributed by atoms with van der Waals surface area (Å²) >= 11 is 6.35. The Morgan fingerprint density at radius 2 is 1.91 bits per heavy atom. The number of para-hydroxylation sites is 1. The smallest absolute Gasteiger partial charge is 0.165 e. The van der Waals surface area contributed by atoms with E-state index in [1.54, 1.807) is 18.2 Å². The molecular weight excluding hydrogens is 301 g/mol. The van der Waals surface area contributed by atoms with Crippen LogP contribution >= 0.6 is 11.6 Å². The molecule has 0 aliphatic rings. The molecule has 0 aliphatic carbocycles. The van der Waals surface area contributed by atoms with Crippen molar-refractivity contribution in [3.63, 3.8) is 0 Å². The molecule has 0 saturated carbocycles. The molecule has 0 amide bonds. The number of fused-ring (bicyclic) bond motifs is 1. The molecule has 3 rings (SSSR count). The van der Waals surface area contributed by atoms with Gasteiger partial charge in [-0.15, -0.1) is 0 Å². The highest BCUT2D eigenvalue weighted by molar-refractivity contribution is 6.35. The summed E-state index contributed by atoms with van der Waals surface area (Å²) in [5, 5.41) is 1.65. The van der Waals surface area contributed by atoms with Crippen molar-refractivity contribution in [3.8, 4) is 5.75 Å². The van der Waals surface area contributed by atoms with Crippen molar-refractivity contribution in [2.45, 2.75) is 26.5 Å². The summed E-state index contributed by atoms with van der Waals surface area (Å²) in [4.78, 5) is 0. The van der Waals surface area contributed by atoms with Gasteiger partial charge in [-0.05, 0) is 38.1 Å². The molecule has 1 heterocycles. The average Bonchev–Trinajstić information content (AvgIpc) is 2.87. The molecule has 0 spiro atoms. The lowest BCUT2D eigenvalue weighted by Gasteiger charge is -2.08. The van der Waals surface area contributed by atoms with Crippen molar-refractivity contribution in [1.82, 2.24) is 4.57 Å². The molecule has 22 heavy (non-hydrogen) atoms. The van der Waals surface area contributed by atoms with Crippen LogP contribution in [0.5, 0.6) is 5.75 Å². The third-order valence-corrected chi connectivity index (χ3v) is 3.98. The second kappa shape index (κ2) is 6.01. The minimum absolute atomic E-state index is 0.250. The van der Waals surface area contributed by atoms with Crippen molar-refractivity contribution < 1.29 is 9.13 Å². The quantitative estimate of drug-likeness (QED) is 0.611. The summed E-state index contributed by atoms with van der Waals surface area (Å²) in [7, 11) is 0. The fraction of sp³-hybridized carbons (Fsp3) is 0.222. The fourth-order valence-electron chi connectivity index (χ4n) is 2.60. The van der Waals surface area contributed by atoms with Crippen LogP contribution in [0.15, 0.2) is 48.7 Å². The topological polar surface area (TPSA) is 14.2 Å². The number of aromatic nitrogens is 1. The highest BCUT2D eigenvalue weighted by Crippen LogP contribution is 2.31. The zero-order chi connectivity index (χ0) is 15.7. The molecule has 0 aliphatic heterocycles. The molecule has 0 N–H and O–H groups in total. The highest BCUT2D eigenvalue weighted by Gasteiger charge is 2.14. The van der Waals surface area contributed by atoms with Crippen LogP contribution in [0.1, 0.15) is 25.5 Å². The SMILES string of the molecule is CC(C)n1cc(COc2ccccc2F)c2c(Cl)cccc21. The van der Waals surface area contributed by atoms with Gasteiger partial charge in [-0.3, -0.25) is 0 Å². The van der Waals surface area contributed by atoms with Gasteiger partial charge in [0.05, 0.1) is 10.5 Å². The Bertz CT molecular complexity index is 810. The second-order valence-corrected chi connectivity index (χ2v) is 5.92. The van der Waals surface area contributed by atoms with Gasteiger partial charge in [0.1, 0.15) is 6.61 Å². The van der Waals surface area contributed by atoms with Gasteiger partial charge in [0.2, 0.25) is 0 Å². The van der Waals surface area contributed by atoms with Crippen LogP contribution in [0, 0.1) is 5.82 Å². The number of benzene rings is 2. The zero-order valence-electron chi connectivity index (χ0n) is 12.5. The third kappa shape index (κ3) is 2.69. The summed E-state index contributed by atoms with van der Waals surface area (Å²) in [6, 6.07) is 12.5. The summed E-state index contributed by atoms with van der Waals surface area (Å²) < 4.78 is 21.4. The van der Waals surface area contributed by atoms with E-state index in [0.717, 1.165) is 16.5 Å². The van der Waals surface area contributed by atoms with Gasteiger partial charge in [0, 0.05) is 23.2 Å². The van der Waals surface area contributed by atoms with E-state index in [9.17, 15) is 4.39 Å². The van der Waals surface area contributed by atoms with E-state index in [2.05, 4.69) is 18.4 Å². The molecule has 0 unspecified atom stereocenters. The molecule has 2 aromatic carbocycles. The van der Waals surface area contributed by atoms with E-state index < -0.39 is 0 Å². The van der Waals surface area contributed by atoms with Crippen molar-refractivity contribution in [2.75, 3.05) is 0 Å². The zero-order valence-corrected chi connectivity index (χ0v) is 13.3. The predicted molar refractivity (Wildman–Crippen MR) is 88.1 cm³/mol. The largest absolute Gasteiger partial charge is 0.486 e. The summed E-state index contributed by atoms with van der Waals surface area (Å²) in [6.45, 7) is 4.50. The molecule has 0 saturated heterocycles. The Balaban J connectivity index is 1.99. The standard InChI is InChI=1S/C18H17ClFNO/c1-12(2)21-10-13(18-14(19)6-5-8-16(18)21)11-22-17-9-4-3-7-15(17)20/h3-10,12H,11H2,1-2H3. The first-order chi connectivity index (χ1) is 10.6. The Kier molecular flexibility index (Phi) is 4.08. The lowest BCUT2D eigenvalue weighted by atomic mass is 10.2. The monoisotopic (exact) mass is 317 g/mol. The summed E-state index contributed by atoms with van der Waals surface area (Å²) in [5.41, 5.74) is 2.02. The van der Waals surface area contributed by atoms with E-state index in [4.69, 9.17) is 16.3 Å². The molecule has 0 radical (unpaired) electrons. The number of halogens is 2. The summed E-state index contributed by atoms with van der Waals surface area (Å²) in [6.07, 6.45) is 2.03. The highest BCUT2D eigenvalue weighted by atomic mass is 35.5. The van der Waals surface area contributed by atoms with Gasteiger partial charge in [0.15, 0.2) is 11.6 Å². The first kappa shape index (κ1) is 14.9. The number of rotatable bonds is 4. The number of ether oxygens (including phenoxy) is 1. The van der Waals surface area contributed by atoms with E-state index >= 15 is 0 Å². The first-order valence-electron chi connectivity index (χ1n) is 7.23. The summed E-state index contributed by atoms with van der Waals surface area (Å²) in [5.74, 6) is -0.110. The van der Waals surface area contributed by atoms with Crippen molar-refractivity contribution in [2.24, 2.45) is 0 Å². The van der Waals surface area contributed by atoms with Gasteiger partial charge < -0.3 is 9.30 Å². The molecule has 1 aromatic heterocycles. The molecule has 0 fully saturated rings. The lowest BCUT2D eigenvalue weighted by Crippen LogP contribution is -1.99. The van der Waals surface area contributed by atoms with Crippen LogP contribution in [-0.4, -0.2) is 4.57 Å². The minimum Gasteiger partial charge on any atom is -0.486 e. The van der Waals surface area contributed by atoms with Crippen LogP contribution in [0.2, 0.25) is 5.02 Å². The van der Waals surface area contributed by atoms with Gasteiger partial charge >= 0.3 is 0 Å².